The Bertz CT molecular complexity index is 671. The molecule has 0 bridgehead atoms. The number of halogens is 2. The fraction of sp³-hybridized carbons (Fsp3) is 0.368. The molecule has 2 atom stereocenters. The molecule has 0 aliphatic heterocycles. The van der Waals surface area contributed by atoms with Crippen LogP contribution in [-0.4, -0.2) is 30.6 Å². The van der Waals surface area contributed by atoms with Crippen LogP contribution in [0.2, 0.25) is 5.02 Å². The van der Waals surface area contributed by atoms with E-state index in [1.54, 1.807) is 24.3 Å². The predicted molar refractivity (Wildman–Crippen MR) is 103 cm³/mol. The van der Waals surface area contributed by atoms with Gasteiger partial charge in [-0.15, -0.1) is 0 Å². The van der Waals surface area contributed by atoms with Crippen LogP contribution in [-0.2, 0) is 14.3 Å². The first-order valence-electron chi connectivity index (χ1n) is 8.00. The summed E-state index contributed by atoms with van der Waals surface area (Å²) in [4.78, 5) is 23.5. The van der Waals surface area contributed by atoms with Crippen LogP contribution in [0.4, 0.5) is 0 Å². The minimum Gasteiger partial charge on any atom is -0.466 e. The largest absolute Gasteiger partial charge is 0.466 e. The number of amides is 1. The molecule has 0 spiro atoms. The van der Waals surface area contributed by atoms with E-state index in [1.165, 1.54) is 13.2 Å². The van der Waals surface area contributed by atoms with E-state index in [-0.39, 0.29) is 6.04 Å². The summed E-state index contributed by atoms with van der Waals surface area (Å²) in [6.07, 6.45) is 2.59. The zero-order valence-corrected chi connectivity index (χ0v) is 16.6. The van der Waals surface area contributed by atoms with E-state index in [0.717, 1.165) is 11.1 Å². The number of rotatable bonds is 9. The van der Waals surface area contributed by atoms with E-state index >= 15 is 0 Å². The quantitative estimate of drug-likeness (QED) is 0.291. The number of nitrogens with one attached hydrogen (secondary N) is 1. The van der Waals surface area contributed by atoms with Crippen LogP contribution in [0.1, 0.15) is 26.7 Å². The first kappa shape index (κ1) is 22.1. The molecule has 1 N–H and O–H groups in total. The molecule has 1 aromatic rings. The van der Waals surface area contributed by atoms with E-state index in [0.29, 0.717) is 23.6 Å². The van der Waals surface area contributed by atoms with Gasteiger partial charge in [-0.25, -0.2) is 4.79 Å². The van der Waals surface area contributed by atoms with Gasteiger partial charge in [-0.3, -0.25) is 4.79 Å². The van der Waals surface area contributed by atoms with Crippen molar-refractivity contribution < 1.29 is 19.1 Å². The van der Waals surface area contributed by atoms with Gasteiger partial charge in [0.15, 0.2) is 0 Å². The Morgan fingerprint density at radius 2 is 1.88 bits per heavy atom. The zero-order chi connectivity index (χ0) is 19.7. The normalized spacial score (nSPS) is 13.5. The number of carbonyl (C=O) groups excluding carboxylic acids is 2. The fourth-order valence-corrected chi connectivity index (χ4v) is 2.36. The molecule has 142 valence electrons. The van der Waals surface area contributed by atoms with Crippen molar-refractivity contribution in [2.45, 2.75) is 38.3 Å². The number of hydrogen-bond donors (Lipinski definition) is 1. The van der Waals surface area contributed by atoms with Gasteiger partial charge in [-0.1, -0.05) is 40.9 Å². The van der Waals surface area contributed by atoms with Crippen LogP contribution in [0, 0.1) is 0 Å². The highest BCUT2D eigenvalue weighted by Crippen LogP contribution is 2.18. The Morgan fingerprint density at radius 3 is 2.42 bits per heavy atom. The molecular weight excluding hydrogens is 377 g/mol. The molecule has 1 aromatic carbocycles. The Kier molecular flexibility index (Phi) is 9.24. The van der Waals surface area contributed by atoms with Gasteiger partial charge in [-0.05, 0) is 51.0 Å². The minimum absolute atomic E-state index is 0.293. The lowest BCUT2D eigenvalue weighted by Gasteiger charge is -2.21. The standard InChI is InChI=1S/C19H23Cl2NO4/c1-12(2)16(10-5-13(3)11-17(23)25-4)22-19(24)18(21)26-15-8-6-14(20)7-9-15/h6-9,11,16,18H,1,5,10H2,2-4H3,(H,22,24). The van der Waals surface area contributed by atoms with Crippen LogP contribution in [0.25, 0.3) is 0 Å². The Hall–Kier alpha value is -1.98. The van der Waals surface area contributed by atoms with Crippen molar-refractivity contribution in [2.24, 2.45) is 0 Å². The summed E-state index contributed by atoms with van der Waals surface area (Å²) < 4.78 is 9.99. The second-order valence-corrected chi connectivity index (χ2v) is 6.68. The van der Waals surface area contributed by atoms with Crippen LogP contribution < -0.4 is 10.1 Å². The third-order valence-electron chi connectivity index (χ3n) is 3.56. The summed E-state index contributed by atoms with van der Waals surface area (Å²) in [5.41, 5.74) is 0.432. The average Bonchev–Trinajstić information content (AvgIpc) is 2.59. The number of methoxy groups -OCH3 is 1. The van der Waals surface area contributed by atoms with Gasteiger partial charge >= 0.3 is 5.97 Å². The number of allylic oxidation sites excluding steroid dienone is 1. The van der Waals surface area contributed by atoms with E-state index in [2.05, 4.69) is 16.6 Å². The van der Waals surface area contributed by atoms with Gasteiger partial charge in [0.1, 0.15) is 5.75 Å². The summed E-state index contributed by atoms with van der Waals surface area (Å²) in [5, 5.41) is 3.37. The lowest BCUT2D eigenvalue weighted by atomic mass is 10.0. The minimum atomic E-state index is -1.19. The third kappa shape index (κ3) is 7.93. The molecule has 0 radical (unpaired) electrons. The van der Waals surface area contributed by atoms with Crippen molar-refractivity contribution in [1.82, 2.24) is 5.32 Å². The molecule has 0 aliphatic rings. The topological polar surface area (TPSA) is 64.6 Å². The molecule has 1 amide bonds. The Balaban J connectivity index is 2.61. The fourth-order valence-electron chi connectivity index (χ4n) is 2.07. The summed E-state index contributed by atoms with van der Waals surface area (Å²) >= 11 is 11.8. The Labute approximate surface area is 164 Å². The Morgan fingerprint density at radius 1 is 1.27 bits per heavy atom. The highest BCUT2D eigenvalue weighted by Gasteiger charge is 2.21. The number of ether oxygens (including phenoxy) is 2. The molecule has 2 unspecified atom stereocenters. The first-order chi connectivity index (χ1) is 12.2. The molecule has 7 heteroatoms. The second-order valence-electron chi connectivity index (χ2n) is 5.85. The summed E-state index contributed by atoms with van der Waals surface area (Å²) in [5.74, 6) is -0.437. The monoisotopic (exact) mass is 399 g/mol. The molecule has 0 heterocycles. The molecule has 5 nitrogen and oxygen atoms in total. The van der Waals surface area contributed by atoms with Crippen molar-refractivity contribution in [1.29, 1.82) is 0 Å². The number of alkyl halides is 1. The lowest BCUT2D eigenvalue weighted by molar-refractivity contribution is -0.135. The van der Waals surface area contributed by atoms with Crippen LogP contribution >= 0.6 is 23.2 Å². The number of carbonyl (C=O) groups is 2. The lowest BCUT2D eigenvalue weighted by Crippen LogP contribution is -2.42. The SMILES string of the molecule is C=C(C)C(CCC(C)=CC(=O)OC)NC(=O)C(Cl)Oc1ccc(Cl)cc1. The summed E-state index contributed by atoms with van der Waals surface area (Å²) in [6.45, 7) is 7.53. The maximum atomic E-state index is 12.3. The van der Waals surface area contributed by atoms with Gasteiger partial charge < -0.3 is 14.8 Å². The van der Waals surface area contributed by atoms with E-state index in [1.807, 2.05) is 13.8 Å². The number of benzene rings is 1. The molecule has 0 saturated carbocycles. The van der Waals surface area contributed by atoms with Crippen molar-refractivity contribution in [3.05, 3.63) is 53.1 Å². The van der Waals surface area contributed by atoms with Crippen molar-refractivity contribution in [3.8, 4) is 5.75 Å². The molecule has 0 fully saturated rings. The average molecular weight is 400 g/mol. The number of esters is 1. The van der Waals surface area contributed by atoms with Crippen molar-refractivity contribution in [2.75, 3.05) is 7.11 Å². The van der Waals surface area contributed by atoms with Crippen LogP contribution in [0.3, 0.4) is 0 Å². The molecule has 0 saturated heterocycles. The molecular formula is C19H23Cl2NO4. The summed E-state index contributed by atoms with van der Waals surface area (Å²) in [7, 11) is 1.32. The zero-order valence-electron chi connectivity index (χ0n) is 15.1. The maximum absolute atomic E-state index is 12.3. The van der Waals surface area contributed by atoms with Crippen LogP contribution in [0.15, 0.2) is 48.1 Å². The van der Waals surface area contributed by atoms with Gasteiger partial charge in [-0.2, -0.15) is 0 Å². The number of hydrogen-bond acceptors (Lipinski definition) is 4. The van der Waals surface area contributed by atoms with E-state index in [4.69, 9.17) is 27.9 Å². The smallest absolute Gasteiger partial charge is 0.330 e. The predicted octanol–water partition coefficient (Wildman–Crippen LogP) is 4.24. The summed E-state index contributed by atoms with van der Waals surface area (Å²) in [6, 6.07) is 6.25. The second kappa shape index (κ2) is 10.9. The highest BCUT2D eigenvalue weighted by atomic mass is 35.5. The van der Waals surface area contributed by atoms with Gasteiger partial charge in [0.05, 0.1) is 7.11 Å². The van der Waals surface area contributed by atoms with Gasteiger partial charge in [0.2, 0.25) is 5.56 Å². The van der Waals surface area contributed by atoms with E-state index in [9.17, 15) is 9.59 Å². The molecule has 0 aromatic heterocycles. The first-order valence-corrected chi connectivity index (χ1v) is 8.81. The van der Waals surface area contributed by atoms with Gasteiger partial charge in [0.25, 0.3) is 5.91 Å². The maximum Gasteiger partial charge on any atom is 0.330 e. The molecule has 0 aliphatic carbocycles. The van der Waals surface area contributed by atoms with Crippen molar-refractivity contribution in [3.63, 3.8) is 0 Å². The molecule has 26 heavy (non-hydrogen) atoms. The van der Waals surface area contributed by atoms with Crippen molar-refractivity contribution >= 4 is 35.1 Å². The van der Waals surface area contributed by atoms with E-state index < -0.39 is 17.4 Å². The third-order valence-corrected chi connectivity index (χ3v) is 4.10. The van der Waals surface area contributed by atoms with Gasteiger partial charge in [0, 0.05) is 17.1 Å². The highest BCUT2D eigenvalue weighted by molar-refractivity contribution is 6.30. The van der Waals surface area contributed by atoms with Crippen LogP contribution in [0.5, 0.6) is 5.75 Å². The molecule has 1 rings (SSSR count).